The molecular formula is C25H37NO3Si. The van der Waals surface area contributed by atoms with Crippen LogP contribution in [-0.2, 0) is 9.16 Å². The first-order chi connectivity index (χ1) is 14.1. The van der Waals surface area contributed by atoms with Crippen LogP contribution >= 0.6 is 0 Å². The standard InChI is InChI=1S/C25H37NO3Si/c1-24(2,3)29-23(27)26-19-13-14-20-28-30(25(4,5)6,21-15-9-7-10-16-21)22-17-11-8-12-18-22/h7-12,15-18H,13-14,19-20H2,1-6H3,(H,26,27). The molecule has 0 aliphatic rings. The van der Waals surface area contributed by atoms with Crippen LogP contribution in [0.3, 0.4) is 0 Å². The van der Waals surface area contributed by atoms with Gasteiger partial charge in [-0.3, -0.25) is 0 Å². The van der Waals surface area contributed by atoms with Gasteiger partial charge in [-0.15, -0.1) is 0 Å². The molecule has 4 nitrogen and oxygen atoms in total. The van der Waals surface area contributed by atoms with E-state index in [0.29, 0.717) is 13.2 Å². The zero-order chi connectivity index (χ0) is 22.3. The molecule has 1 amide bonds. The van der Waals surface area contributed by atoms with Crippen LogP contribution in [0.2, 0.25) is 5.04 Å². The molecule has 0 spiro atoms. The molecule has 0 bridgehead atoms. The predicted octanol–water partition coefficient (Wildman–Crippen LogP) is 4.87. The Morgan fingerprint density at radius 3 is 1.77 bits per heavy atom. The molecule has 30 heavy (non-hydrogen) atoms. The fourth-order valence-corrected chi connectivity index (χ4v) is 8.32. The summed E-state index contributed by atoms with van der Waals surface area (Å²) in [6, 6.07) is 21.3. The van der Waals surface area contributed by atoms with Gasteiger partial charge in [-0.1, -0.05) is 81.4 Å². The van der Waals surface area contributed by atoms with E-state index in [0.717, 1.165) is 12.8 Å². The number of rotatable bonds is 8. The van der Waals surface area contributed by atoms with Gasteiger partial charge in [0, 0.05) is 13.2 Å². The number of amides is 1. The van der Waals surface area contributed by atoms with Gasteiger partial charge in [0.15, 0.2) is 0 Å². The molecule has 0 aliphatic carbocycles. The van der Waals surface area contributed by atoms with E-state index >= 15 is 0 Å². The maximum absolute atomic E-state index is 11.8. The number of benzene rings is 2. The van der Waals surface area contributed by atoms with E-state index in [4.69, 9.17) is 9.16 Å². The number of alkyl carbamates (subject to hydrolysis) is 1. The molecule has 0 atom stereocenters. The van der Waals surface area contributed by atoms with Crippen molar-refractivity contribution in [3.05, 3.63) is 60.7 Å². The summed E-state index contributed by atoms with van der Waals surface area (Å²) in [5.74, 6) is 0. The van der Waals surface area contributed by atoms with Crippen LogP contribution in [0.5, 0.6) is 0 Å². The van der Waals surface area contributed by atoms with Crippen molar-refractivity contribution in [3.8, 4) is 0 Å². The lowest BCUT2D eigenvalue weighted by molar-refractivity contribution is 0.0526. The van der Waals surface area contributed by atoms with Crippen molar-refractivity contribution < 1.29 is 14.0 Å². The SMILES string of the molecule is CC(C)(C)OC(=O)NCCCCO[Si](c1ccccc1)(c1ccccc1)C(C)(C)C. The lowest BCUT2D eigenvalue weighted by Crippen LogP contribution is -2.66. The third kappa shape index (κ3) is 6.44. The molecule has 2 rings (SSSR count). The average Bonchev–Trinajstić information content (AvgIpc) is 2.66. The van der Waals surface area contributed by atoms with Gasteiger partial charge < -0.3 is 14.5 Å². The summed E-state index contributed by atoms with van der Waals surface area (Å²) in [5, 5.41) is 5.38. The molecule has 0 aromatic heterocycles. The van der Waals surface area contributed by atoms with Crippen molar-refractivity contribution in [1.29, 1.82) is 0 Å². The summed E-state index contributed by atoms with van der Waals surface area (Å²) in [7, 11) is -2.48. The maximum atomic E-state index is 11.8. The zero-order valence-electron chi connectivity index (χ0n) is 19.3. The van der Waals surface area contributed by atoms with Gasteiger partial charge in [-0.25, -0.2) is 4.79 Å². The molecule has 0 unspecified atom stereocenters. The Morgan fingerprint density at radius 1 is 0.833 bits per heavy atom. The smallest absolute Gasteiger partial charge is 0.407 e. The summed E-state index contributed by atoms with van der Waals surface area (Å²) < 4.78 is 12.1. The van der Waals surface area contributed by atoms with E-state index in [2.05, 4.69) is 86.8 Å². The lowest BCUT2D eigenvalue weighted by atomic mass is 10.2. The number of ether oxygens (including phenoxy) is 1. The Balaban J connectivity index is 2.08. The number of nitrogens with one attached hydrogen (secondary N) is 1. The normalized spacial score (nSPS) is 12.5. The molecule has 0 heterocycles. The van der Waals surface area contributed by atoms with Crippen LogP contribution in [0, 0.1) is 0 Å². The molecule has 0 saturated carbocycles. The quantitative estimate of drug-likeness (QED) is 0.483. The van der Waals surface area contributed by atoms with Crippen LogP contribution in [0.1, 0.15) is 54.4 Å². The minimum atomic E-state index is -2.48. The summed E-state index contributed by atoms with van der Waals surface area (Å²) in [6.45, 7) is 13.7. The molecule has 2 aromatic rings. The Hall–Kier alpha value is -2.11. The minimum Gasteiger partial charge on any atom is -0.444 e. The maximum Gasteiger partial charge on any atom is 0.407 e. The predicted molar refractivity (Wildman–Crippen MR) is 127 cm³/mol. The Labute approximate surface area is 183 Å². The van der Waals surface area contributed by atoms with Crippen LogP contribution in [0.25, 0.3) is 0 Å². The first kappa shape index (κ1) is 24.2. The second-order valence-corrected chi connectivity index (χ2v) is 14.0. The Kier molecular flexibility index (Phi) is 8.27. The molecule has 2 aromatic carbocycles. The summed E-state index contributed by atoms with van der Waals surface area (Å²) in [4.78, 5) is 11.8. The van der Waals surface area contributed by atoms with E-state index in [1.165, 1.54) is 10.4 Å². The highest BCUT2D eigenvalue weighted by atomic mass is 28.4. The second-order valence-electron chi connectivity index (χ2n) is 9.65. The van der Waals surface area contributed by atoms with Gasteiger partial charge in [0.25, 0.3) is 8.32 Å². The summed E-state index contributed by atoms with van der Waals surface area (Å²) >= 11 is 0. The van der Waals surface area contributed by atoms with E-state index in [1.54, 1.807) is 0 Å². The van der Waals surface area contributed by atoms with Gasteiger partial charge in [-0.2, -0.15) is 0 Å². The first-order valence-electron chi connectivity index (χ1n) is 10.8. The molecule has 0 radical (unpaired) electrons. The molecule has 5 heteroatoms. The third-order valence-corrected chi connectivity index (χ3v) is 10.0. The van der Waals surface area contributed by atoms with Crippen molar-refractivity contribution in [1.82, 2.24) is 5.32 Å². The van der Waals surface area contributed by atoms with Crippen molar-refractivity contribution in [2.45, 2.75) is 65.0 Å². The highest BCUT2D eigenvalue weighted by Gasteiger charge is 2.49. The van der Waals surface area contributed by atoms with Crippen molar-refractivity contribution in [2.24, 2.45) is 0 Å². The van der Waals surface area contributed by atoms with E-state index in [-0.39, 0.29) is 11.1 Å². The molecule has 0 saturated heterocycles. The summed E-state index contributed by atoms with van der Waals surface area (Å²) in [6.07, 6.45) is 1.35. The Bertz CT molecular complexity index is 740. The number of hydrogen-bond acceptors (Lipinski definition) is 3. The van der Waals surface area contributed by atoms with Gasteiger partial charge in [0.2, 0.25) is 0 Å². The van der Waals surface area contributed by atoms with Crippen LogP contribution in [-0.4, -0.2) is 33.2 Å². The zero-order valence-corrected chi connectivity index (χ0v) is 20.3. The molecule has 164 valence electrons. The van der Waals surface area contributed by atoms with Gasteiger partial charge in [0.1, 0.15) is 5.60 Å². The second kappa shape index (κ2) is 10.3. The third-order valence-electron chi connectivity index (χ3n) is 4.97. The number of carbonyl (C=O) groups is 1. The Morgan fingerprint density at radius 2 is 1.33 bits per heavy atom. The van der Waals surface area contributed by atoms with Crippen LogP contribution in [0.15, 0.2) is 60.7 Å². The first-order valence-corrected chi connectivity index (χ1v) is 12.7. The van der Waals surface area contributed by atoms with Crippen molar-refractivity contribution in [3.63, 3.8) is 0 Å². The van der Waals surface area contributed by atoms with Crippen LogP contribution < -0.4 is 15.7 Å². The van der Waals surface area contributed by atoms with Gasteiger partial charge in [0.05, 0.1) is 0 Å². The monoisotopic (exact) mass is 427 g/mol. The van der Waals surface area contributed by atoms with Crippen molar-refractivity contribution >= 4 is 24.8 Å². The average molecular weight is 428 g/mol. The fraction of sp³-hybridized carbons (Fsp3) is 0.480. The topological polar surface area (TPSA) is 47.6 Å². The molecule has 0 fully saturated rings. The largest absolute Gasteiger partial charge is 0.444 e. The number of carbonyl (C=O) groups excluding carboxylic acids is 1. The van der Waals surface area contributed by atoms with Gasteiger partial charge in [-0.05, 0) is 49.0 Å². The fourth-order valence-electron chi connectivity index (χ4n) is 3.72. The van der Waals surface area contributed by atoms with Gasteiger partial charge >= 0.3 is 6.09 Å². The highest BCUT2D eigenvalue weighted by molar-refractivity contribution is 6.99. The van der Waals surface area contributed by atoms with Crippen LogP contribution in [0.4, 0.5) is 4.79 Å². The lowest BCUT2D eigenvalue weighted by Gasteiger charge is -2.43. The van der Waals surface area contributed by atoms with E-state index < -0.39 is 13.9 Å². The van der Waals surface area contributed by atoms with E-state index in [9.17, 15) is 4.79 Å². The molecular weight excluding hydrogens is 390 g/mol. The van der Waals surface area contributed by atoms with Crippen molar-refractivity contribution in [2.75, 3.05) is 13.2 Å². The summed E-state index contributed by atoms with van der Waals surface area (Å²) in [5.41, 5.74) is -0.476. The molecule has 0 aliphatic heterocycles. The number of unbranched alkanes of at least 4 members (excludes halogenated alkanes) is 1. The minimum absolute atomic E-state index is 0.0233. The van der Waals surface area contributed by atoms with E-state index in [1.807, 2.05) is 20.8 Å². The number of hydrogen-bond donors (Lipinski definition) is 1. The highest BCUT2D eigenvalue weighted by Crippen LogP contribution is 2.36. The molecule has 1 N–H and O–H groups in total.